The summed E-state index contributed by atoms with van der Waals surface area (Å²) in [4.78, 5) is 24.0. The van der Waals surface area contributed by atoms with Crippen LogP contribution in [0, 0.1) is 0 Å². The third-order valence-corrected chi connectivity index (χ3v) is 3.83. The maximum atomic E-state index is 11.8. The molecule has 0 saturated carbocycles. The van der Waals surface area contributed by atoms with E-state index in [1.165, 1.54) is 12.0 Å². The van der Waals surface area contributed by atoms with Crippen molar-refractivity contribution in [3.8, 4) is 0 Å². The van der Waals surface area contributed by atoms with Crippen molar-refractivity contribution in [3.63, 3.8) is 0 Å². The molecule has 7 nitrogen and oxygen atoms in total. The summed E-state index contributed by atoms with van der Waals surface area (Å²) in [5.41, 5.74) is 0. The van der Waals surface area contributed by atoms with Crippen molar-refractivity contribution in [1.29, 1.82) is 0 Å². The molecule has 1 heterocycles. The highest BCUT2D eigenvalue weighted by Gasteiger charge is 2.39. The number of aliphatic carboxylic acids is 1. The molecule has 0 bridgehead atoms. The SMILES string of the molecule is COC1CC(C(=O)O)N(C(=O)CCS(C)(=O)=O)C1. The number of likely N-dealkylation sites (tertiary alicyclic amines) is 1. The van der Waals surface area contributed by atoms with E-state index < -0.39 is 27.8 Å². The first-order valence-corrected chi connectivity index (χ1v) is 7.53. The van der Waals surface area contributed by atoms with Gasteiger partial charge in [-0.15, -0.1) is 0 Å². The largest absolute Gasteiger partial charge is 0.480 e. The van der Waals surface area contributed by atoms with Gasteiger partial charge in [0.2, 0.25) is 5.91 Å². The first-order chi connectivity index (χ1) is 8.24. The molecule has 2 atom stereocenters. The number of carboxylic acids is 1. The van der Waals surface area contributed by atoms with Crippen LogP contribution in [0.15, 0.2) is 0 Å². The molecule has 0 aromatic heterocycles. The molecule has 0 aromatic carbocycles. The van der Waals surface area contributed by atoms with Crippen LogP contribution in [0.25, 0.3) is 0 Å². The molecule has 0 spiro atoms. The van der Waals surface area contributed by atoms with Gasteiger partial charge >= 0.3 is 5.97 Å². The maximum absolute atomic E-state index is 11.8. The summed E-state index contributed by atoms with van der Waals surface area (Å²) in [6, 6.07) is -0.929. The molecule has 1 fully saturated rings. The highest BCUT2D eigenvalue weighted by molar-refractivity contribution is 7.90. The highest BCUT2D eigenvalue weighted by Crippen LogP contribution is 2.21. The van der Waals surface area contributed by atoms with Crippen molar-refractivity contribution < 1.29 is 27.9 Å². The fourth-order valence-corrected chi connectivity index (χ4v) is 2.44. The van der Waals surface area contributed by atoms with Crippen LogP contribution in [0.3, 0.4) is 0 Å². The summed E-state index contributed by atoms with van der Waals surface area (Å²) in [7, 11) is -1.78. The number of methoxy groups -OCH3 is 1. The number of carboxylic acid groups (broad SMARTS) is 1. The van der Waals surface area contributed by atoms with Gasteiger partial charge < -0.3 is 14.7 Å². The average molecular weight is 279 g/mol. The van der Waals surface area contributed by atoms with Gasteiger partial charge in [-0.1, -0.05) is 0 Å². The number of hydrogen-bond acceptors (Lipinski definition) is 5. The molecule has 1 N–H and O–H groups in total. The van der Waals surface area contributed by atoms with Crippen molar-refractivity contribution in [3.05, 3.63) is 0 Å². The summed E-state index contributed by atoms with van der Waals surface area (Å²) in [6.07, 6.45) is 0.764. The highest BCUT2D eigenvalue weighted by atomic mass is 32.2. The second-order valence-electron chi connectivity index (χ2n) is 4.37. The van der Waals surface area contributed by atoms with Gasteiger partial charge in [-0.3, -0.25) is 4.79 Å². The van der Waals surface area contributed by atoms with Crippen molar-refractivity contribution in [2.24, 2.45) is 0 Å². The van der Waals surface area contributed by atoms with Gasteiger partial charge in [0.1, 0.15) is 15.9 Å². The van der Waals surface area contributed by atoms with Crippen molar-refractivity contribution in [1.82, 2.24) is 4.90 Å². The number of carbonyl (C=O) groups excluding carboxylic acids is 1. The topological polar surface area (TPSA) is 101 Å². The van der Waals surface area contributed by atoms with E-state index in [1.54, 1.807) is 0 Å². The van der Waals surface area contributed by atoms with Gasteiger partial charge in [0.25, 0.3) is 0 Å². The van der Waals surface area contributed by atoms with Crippen LogP contribution in [-0.4, -0.2) is 68.1 Å². The van der Waals surface area contributed by atoms with Crippen molar-refractivity contribution >= 4 is 21.7 Å². The molecule has 0 radical (unpaired) electrons. The van der Waals surface area contributed by atoms with E-state index in [4.69, 9.17) is 9.84 Å². The summed E-state index contributed by atoms with van der Waals surface area (Å²) in [5.74, 6) is -1.83. The summed E-state index contributed by atoms with van der Waals surface area (Å²) < 4.78 is 27.0. The molecular weight excluding hydrogens is 262 g/mol. The summed E-state index contributed by atoms with van der Waals surface area (Å²) in [6.45, 7) is 0.191. The number of amides is 1. The van der Waals surface area contributed by atoms with Crippen LogP contribution in [0.1, 0.15) is 12.8 Å². The Morgan fingerprint density at radius 1 is 1.44 bits per heavy atom. The number of rotatable bonds is 5. The molecule has 0 aliphatic carbocycles. The first kappa shape index (κ1) is 14.9. The molecular formula is C10H17NO6S. The minimum absolute atomic E-state index is 0.191. The predicted octanol–water partition coefficient (Wildman–Crippen LogP) is -0.878. The number of ether oxygens (including phenoxy) is 1. The van der Waals surface area contributed by atoms with Crippen molar-refractivity contribution in [2.75, 3.05) is 25.7 Å². The average Bonchev–Trinajstić information content (AvgIpc) is 2.69. The Morgan fingerprint density at radius 2 is 2.06 bits per heavy atom. The zero-order valence-electron chi connectivity index (χ0n) is 10.3. The molecule has 1 amide bonds. The van der Waals surface area contributed by atoms with Gasteiger partial charge in [-0.25, -0.2) is 13.2 Å². The third kappa shape index (κ3) is 3.95. The monoisotopic (exact) mass is 279 g/mol. The van der Waals surface area contributed by atoms with E-state index in [9.17, 15) is 18.0 Å². The second-order valence-corrected chi connectivity index (χ2v) is 6.63. The van der Waals surface area contributed by atoms with Crippen LogP contribution in [0.4, 0.5) is 0 Å². The summed E-state index contributed by atoms with van der Waals surface area (Å²) in [5, 5.41) is 9.01. The lowest BCUT2D eigenvalue weighted by Gasteiger charge is -2.20. The lowest BCUT2D eigenvalue weighted by atomic mass is 10.2. The zero-order valence-corrected chi connectivity index (χ0v) is 11.1. The van der Waals surface area contributed by atoms with Crippen LogP contribution in [0.2, 0.25) is 0 Å². The Hall–Kier alpha value is -1.15. The standard InChI is InChI=1S/C10H17NO6S/c1-17-7-5-8(10(13)14)11(6-7)9(12)3-4-18(2,15)16/h7-8H,3-6H2,1-2H3,(H,13,14). The third-order valence-electron chi connectivity index (χ3n) is 2.89. The maximum Gasteiger partial charge on any atom is 0.326 e. The lowest BCUT2D eigenvalue weighted by molar-refractivity contribution is -0.148. The van der Waals surface area contributed by atoms with Crippen LogP contribution < -0.4 is 0 Å². The fourth-order valence-electron chi connectivity index (χ4n) is 1.89. The minimum atomic E-state index is -3.23. The Morgan fingerprint density at radius 3 is 2.50 bits per heavy atom. The number of hydrogen-bond donors (Lipinski definition) is 1. The predicted molar refractivity (Wildman–Crippen MR) is 62.9 cm³/mol. The minimum Gasteiger partial charge on any atom is -0.480 e. The van der Waals surface area contributed by atoms with E-state index >= 15 is 0 Å². The molecule has 18 heavy (non-hydrogen) atoms. The molecule has 1 aliphatic rings. The van der Waals surface area contributed by atoms with Crippen LogP contribution in [-0.2, 0) is 24.2 Å². The Balaban J connectivity index is 2.68. The molecule has 104 valence electrons. The smallest absolute Gasteiger partial charge is 0.326 e. The van der Waals surface area contributed by atoms with E-state index in [2.05, 4.69) is 0 Å². The van der Waals surface area contributed by atoms with Gasteiger partial charge in [-0.05, 0) is 0 Å². The van der Waals surface area contributed by atoms with E-state index in [1.807, 2.05) is 0 Å². The van der Waals surface area contributed by atoms with Crippen molar-refractivity contribution in [2.45, 2.75) is 25.0 Å². The van der Waals surface area contributed by atoms with E-state index in [0.717, 1.165) is 6.26 Å². The first-order valence-electron chi connectivity index (χ1n) is 5.47. The Labute approximate surface area is 106 Å². The number of sulfone groups is 1. The zero-order chi connectivity index (χ0) is 13.9. The molecule has 8 heteroatoms. The number of nitrogens with zero attached hydrogens (tertiary/aromatic N) is 1. The molecule has 0 aromatic rings. The van der Waals surface area contributed by atoms with E-state index in [0.29, 0.717) is 0 Å². The van der Waals surface area contributed by atoms with Crippen LogP contribution in [0.5, 0.6) is 0 Å². The molecule has 1 rings (SSSR count). The number of carbonyl (C=O) groups is 2. The summed E-state index contributed by atoms with van der Waals surface area (Å²) >= 11 is 0. The molecule has 1 saturated heterocycles. The van der Waals surface area contributed by atoms with Crippen LogP contribution >= 0.6 is 0 Å². The van der Waals surface area contributed by atoms with Gasteiger partial charge in [0, 0.05) is 32.8 Å². The quantitative estimate of drug-likeness (QED) is 0.701. The van der Waals surface area contributed by atoms with Gasteiger partial charge in [0.15, 0.2) is 0 Å². The lowest BCUT2D eigenvalue weighted by Crippen LogP contribution is -2.41. The molecule has 2 unspecified atom stereocenters. The molecule has 1 aliphatic heterocycles. The van der Waals surface area contributed by atoms with Gasteiger partial charge in [-0.2, -0.15) is 0 Å². The van der Waals surface area contributed by atoms with E-state index in [-0.39, 0.29) is 31.2 Å². The Bertz CT molecular complexity index is 432. The van der Waals surface area contributed by atoms with Gasteiger partial charge in [0.05, 0.1) is 11.9 Å². The normalized spacial score (nSPS) is 24.2. The Kier molecular flexibility index (Phi) is 4.69. The fraction of sp³-hybridized carbons (Fsp3) is 0.800. The second kappa shape index (κ2) is 5.66.